The monoisotopic (exact) mass is 462 g/mol. The predicted octanol–water partition coefficient (Wildman–Crippen LogP) is 4.92. The number of carbonyl (C=O) groups is 2. The molecule has 162 valence electrons. The number of hydrogen-bond donors (Lipinski definition) is 0. The Hall–Kier alpha value is -0.146. The number of methoxy groups -OCH3 is 2. The molecular formula is C20H38NiO4P2. The van der Waals surface area contributed by atoms with Crippen LogP contribution in [-0.2, 0) is 35.6 Å². The summed E-state index contributed by atoms with van der Waals surface area (Å²) in [5.41, 5.74) is 3.63. The molecule has 0 N–H and O–H groups in total. The summed E-state index contributed by atoms with van der Waals surface area (Å²) in [7, 11) is 2.86. The van der Waals surface area contributed by atoms with Gasteiger partial charge < -0.3 is 9.47 Å². The number of hydrogen-bond acceptors (Lipinski definition) is 4. The van der Waals surface area contributed by atoms with E-state index in [1.807, 2.05) is 11.8 Å². The summed E-state index contributed by atoms with van der Waals surface area (Å²) in [6.07, 6.45) is 3.01. The average molecular weight is 463 g/mol. The average Bonchev–Trinajstić information content (AvgIpc) is 2.55. The van der Waals surface area contributed by atoms with E-state index >= 15 is 0 Å². The van der Waals surface area contributed by atoms with Gasteiger partial charge in [0.05, 0.1) is 14.2 Å². The fourth-order valence-electron chi connectivity index (χ4n) is 2.66. The summed E-state index contributed by atoms with van der Waals surface area (Å²) in [5.74, 6) is 2.28. The van der Waals surface area contributed by atoms with Crippen LogP contribution in [0.3, 0.4) is 0 Å². The van der Waals surface area contributed by atoms with Gasteiger partial charge in [0.1, 0.15) is 0 Å². The summed E-state index contributed by atoms with van der Waals surface area (Å²) in [6.45, 7) is 19.3. The second kappa shape index (κ2) is 17.9. The van der Waals surface area contributed by atoms with E-state index in [1.54, 1.807) is 0 Å². The van der Waals surface area contributed by atoms with Gasteiger partial charge in [-0.3, -0.25) is 0 Å². The third kappa shape index (κ3) is 16.5. The van der Waals surface area contributed by atoms with E-state index in [2.05, 4.69) is 64.9 Å². The molecule has 0 amide bonds. The van der Waals surface area contributed by atoms with Crippen molar-refractivity contribution in [1.29, 1.82) is 0 Å². The first-order valence-electron chi connectivity index (χ1n) is 9.17. The first-order chi connectivity index (χ1) is 12.0. The second-order valence-electron chi connectivity index (χ2n) is 7.08. The molecule has 0 bridgehead atoms. The third-order valence-electron chi connectivity index (χ3n) is 3.91. The summed E-state index contributed by atoms with van der Waals surface area (Å²) in [5, 5.41) is 0. The topological polar surface area (TPSA) is 52.6 Å². The molecule has 0 saturated heterocycles. The first kappa shape index (κ1) is 31.5. The third-order valence-corrected chi connectivity index (χ3v) is 11.0. The summed E-state index contributed by atoms with van der Waals surface area (Å²) < 4.78 is 8.25. The molecule has 0 aromatic rings. The number of ether oxygens (including phenoxy) is 2. The molecule has 7 heteroatoms. The van der Waals surface area contributed by atoms with Crippen LogP contribution in [0.5, 0.6) is 0 Å². The van der Waals surface area contributed by atoms with Crippen molar-refractivity contribution >= 4 is 27.8 Å². The van der Waals surface area contributed by atoms with Crippen LogP contribution in [0.2, 0.25) is 0 Å². The van der Waals surface area contributed by atoms with Crippen LogP contribution < -0.4 is 0 Å². The molecule has 0 unspecified atom stereocenters. The van der Waals surface area contributed by atoms with Gasteiger partial charge in [-0.1, -0.05) is 55.4 Å². The summed E-state index contributed by atoms with van der Waals surface area (Å²) >= 11 is 0. The molecule has 0 heterocycles. The molecular weight excluding hydrogens is 425 g/mol. The zero-order valence-electron chi connectivity index (χ0n) is 18.6. The Morgan fingerprint density at radius 2 is 0.889 bits per heavy atom. The Balaban J connectivity index is -0.000000454. The van der Waals surface area contributed by atoms with Crippen LogP contribution in [0.15, 0.2) is 0 Å². The van der Waals surface area contributed by atoms with Crippen molar-refractivity contribution in [2.45, 2.75) is 78.0 Å². The molecule has 4 nitrogen and oxygen atoms in total. The van der Waals surface area contributed by atoms with Crippen LogP contribution in [-0.4, -0.2) is 61.1 Å². The van der Waals surface area contributed by atoms with Crippen molar-refractivity contribution < 1.29 is 35.6 Å². The fourth-order valence-corrected chi connectivity index (χ4v) is 8.96. The minimum absolute atomic E-state index is 0. The van der Waals surface area contributed by atoms with Gasteiger partial charge in [0.2, 0.25) is 0 Å². The van der Waals surface area contributed by atoms with E-state index in [1.165, 1.54) is 26.5 Å². The number of esters is 2. The normalized spacial score (nSPS) is 10.4. The minimum Gasteiger partial charge on any atom is -0.459 e. The van der Waals surface area contributed by atoms with Crippen LogP contribution in [0.25, 0.3) is 0 Å². The quantitative estimate of drug-likeness (QED) is 0.177. The zero-order valence-corrected chi connectivity index (χ0v) is 21.3. The maximum Gasteiger partial charge on any atom is 0.384 e. The fraction of sp³-hybridized carbons (Fsp3) is 0.800. The molecule has 0 spiro atoms. The van der Waals surface area contributed by atoms with Gasteiger partial charge in [-0.25, -0.2) is 9.59 Å². The van der Waals surface area contributed by atoms with Crippen LogP contribution in [0.4, 0.5) is 0 Å². The zero-order chi connectivity index (χ0) is 20.9. The Kier molecular flexibility index (Phi) is 20.9. The molecule has 0 atom stereocenters. The molecule has 0 aromatic heterocycles. The van der Waals surface area contributed by atoms with Gasteiger partial charge in [-0.15, -0.1) is 15.8 Å². The molecule has 0 saturated carbocycles. The van der Waals surface area contributed by atoms with E-state index in [0.717, 1.165) is 22.6 Å². The van der Waals surface area contributed by atoms with Gasteiger partial charge >= 0.3 is 11.9 Å². The van der Waals surface area contributed by atoms with Crippen LogP contribution >= 0.6 is 15.8 Å². The molecule has 0 aromatic carbocycles. The van der Waals surface area contributed by atoms with Gasteiger partial charge in [-0.05, 0) is 35.0 Å². The van der Waals surface area contributed by atoms with Crippen LogP contribution in [0.1, 0.15) is 55.4 Å². The summed E-state index contributed by atoms with van der Waals surface area (Å²) in [6, 6.07) is 0. The van der Waals surface area contributed by atoms with Gasteiger partial charge in [-0.2, -0.15) is 0 Å². The standard InChI is InChI=1S/C14H32P2.C6H6O4.Ni/c1-11(2)15(12(3)4)9-10-16(13(5)6)14(7)8;1-9-5(7)3-4-6(8)10-2;/h11-14H,9-10H2,1-8H3;1-2H3;. The smallest absolute Gasteiger partial charge is 0.384 e. The van der Waals surface area contributed by atoms with Gasteiger partial charge in [0.15, 0.2) is 0 Å². The van der Waals surface area contributed by atoms with E-state index < -0.39 is 11.9 Å². The van der Waals surface area contributed by atoms with Crippen molar-refractivity contribution in [3.63, 3.8) is 0 Å². The van der Waals surface area contributed by atoms with Crippen molar-refractivity contribution in [2.75, 3.05) is 26.5 Å². The molecule has 27 heavy (non-hydrogen) atoms. The van der Waals surface area contributed by atoms with E-state index in [-0.39, 0.29) is 32.3 Å². The minimum atomic E-state index is -0.759. The summed E-state index contributed by atoms with van der Waals surface area (Å²) in [4.78, 5) is 20.5. The van der Waals surface area contributed by atoms with Crippen LogP contribution in [0, 0.1) is 11.8 Å². The molecule has 0 aliphatic carbocycles. The Bertz CT molecular complexity index is 412. The van der Waals surface area contributed by atoms with Gasteiger partial charge in [0, 0.05) is 28.3 Å². The van der Waals surface area contributed by atoms with Crippen molar-refractivity contribution in [3.05, 3.63) is 0 Å². The second-order valence-corrected chi connectivity index (χ2v) is 14.2. The molecule has 0 aliphatic heterocycles. The molecule has 0 rings (SSSR count). The number of carbonyl (C=O) groups excluding carboxylic acids is 2. The van der Waals surface area contributed by atoms with E-state index in [4.69, 9.17) is 0 Å². The number of rotatable bonds is 7. The Morgan fingerprint density at radius 3 is 1.04 bits per heavy atom. The van der Waals surface area contributed by atoms with Crippen molar-refractivity contribution in [2.24, 2.45) is 0 Å². The van der Waals surface area contributed by atoms with Crippen molar-refractivity contribution in [3.8, 4) is 11.8 Å². The Morgan fingerprint density at radius 1 is 0.667 bits per heavy atom. The van der Waals surface area contributed by atoms with Gasteiger partial charge in [0.25, 0.3) is 0 Å². The van der Waals surface area contributed by atoms with Crippen molar-refractivity contribution in [1.82, 2.24) is 0 Å². The van der Waals surface area contributed by atoms with E-state index in [9.17, 15) is 9.59 Å². The largest absolute Gasteiger partial charge is 0.459 e. The predicted molar refractivity (Wildman–Crippen MR) is 116 cm³/mol. The maximum absolute atomic E-state index is 10.2. The van der Waals surface area contributed by atoms with E-state index in [0.29, 0.717) is 0 Å². The SMILES string of the molecule is CC(C)P(CCP(C(C)C)C(C)C)C(C)C.COC(=O)C#CC(=O)OC.[Ni]. The first-order valence-corrected chi connectivity index (χ1v) is 12.5. The molecule has 0 radical (unpaired) electrons. The maximum atomic E-state index is 10.2. The Labute approximate surface area is 179 Å². The molecule has 0 aliphatic rings. The molecule has 0 fully saturated rings.